The van der Waals surface area contributed by atoms with Crippen LogP contribution in [0.4, 0.5) is 11.8 Å². The first-order chi connectivity index (χ1) is 7.54. The van der Waals surface area contributed by atoms with Crippen molar-refractivity contribution in [2.45, 2.75) is 26.8 Å². The predicted molar refractivity (Wildman–Crippen MR) is 61.2 cm³/mol. The van der Waals surface area contributed by atoms with Gasteiger partial charge in [0.05, 0.1) is 6.61 Å². The SMILES string of the molecule is CCOC(=O)c1cnc(NC(C)C)nc1N. The highest BCUT2D eigenvalue weighted by atomic mass is 16.5. The number of ether oxygens (including phenoxy) is 1. The zero-order valence-electron chi connectivity index (χ0n) is 9.65. The fourth-order valence-electron chi connectivity index (χ4n) is 1.09. The zero-order chi connectivity index (χ0) is 12.1. The zero-order valence-corrected chi connectivity index (χ0v) is 9.65. The molecule has 0 unspecified atom stereocenters. The van der Waals surface area contributed by atoms with Crippen LogP contribution in [0.5, 0.6) is 0 Å². The Kier molecular flexibility index (Phi) is 4.04. The number of nitrogens with two attached hydrogens (primary N) is 1. The Morgan fingerprint density at radius 1 is 1.62 bits per heavy atom. The van der Waals surface area contributed by atoms with E-state index in [9.17, 15) is 4.79 Å². The molecule has 0 fully saturated rings. The average Bonchev–Trinajstić information content (AvgIpc) is 2.16. The van der Waals surface area contributed by atoms with Gasteiger partial charge in [0.2, 0.25) is 5.95 Å². The van der Waals surface area contributed by atoms with Gasteiger partial charge in [-0.15, -0.1) is 0 Å². The second kappa shape index (κ2) is 5.29. The van der Waals surface area contributed by atoms with Crippen LogP contribution in [0, 0.1) is 0 Å². The Labute approximate surface area is 94.2 Å². The molecule has 16 heavy (non-hydrogen) atoms. The number of hydrogen-bond acceptors (Lipinski definition) is 6. The quantitative estimate of drug-likeness (QED) is 0.743. The smallest absolute Gasteiger partial charge is 0.343 e. The van der Waals surface area contributed by atoms with E-state index in [1.807, 2.05) is 13.8 Å². The molecule has 0 atom stereocenters. The Balaban J connectivity index is 2.87. The van der Waals surface area contributed by atoms with Crippen molar-refractivity contribution < 1.29 is 9.53 Å². The van der Waals surface area contributed by atoms with Gasteiger partial charge in [0.1, 0.15) is 11.4 Å². The molecular weight excluding hydrogens is 208 g/mol. The number of carbonyl (C=O) groups excluding carboxylic acids is 1. The third kappa shape index (κ3) is 3.08. The summed E-state index contributed by atoms with van der Waals surface area (Å²) in [5.41, 5.74) is 5.83. The van der Waals surface area contributed by atoms with Gasteiger partial charge in [-0.1, -0.05) is 0 Å². The molecule has 3 N–H and O–H groups in total. The summed E-state index contributed by atoms with van der Waals surface area (Å²) >= 11 is 0. The predicted octanol–water partition coefficient (Wildman–Crippen LogP) is 1.06. The van der Waals surface area contributed by atoms with E-state index < -0.39 is 5.97 Å². The van der Waals surface area contributed by atoms with Gasteiger partial charge >= 0.3 is 5.97 Å². The Hall–Kier alpha value is -1.85. The van der Waals surface area contributed by atoms with E-state index >= 15 is 0 Å². The topological polar surface area (TPSA) is 90.1 Å². The largest absolute Gasteiger partial charge is 0.462 e. The maximum absolute atomic E-state index is 11.4. The number of anilines is 2. The molecular formula is C10H16N4O2. The lowest BCUT2D eigenvalue weighted by Gasteiger charge is -2.09. The molecule has 6 nitrogen and oxygen atoms in total. The maximum Gasteiger partial charge on any atom is 0.343 e. The van der Waals surface area contributed by atoms with Crippen molar-refractivity contribution in [3.8, 4) is 0 Å². The maximum atomic E-state index is 11.4. The highest BCUT2D eigenvalue weighted by Gasteiger charge is 2.13. The molecule has 1 aromatic rings. The van der Waals surface area contributed by atoms with Crippen LogP contribution in [-0.4, -0.2) is 28.6 Å². The summed E-state index contributed by atoms with van der Waals surface area (Å²) in [6.45, 7) is 5.94. The molecule has 0 saturated carbocycles. The van der Waals surface area contributed by atoms with Crippen LogP contribution in [0.3, 0.4) is 0 Å². The van der Waals surface area contributed by atoms with Gasteiger partial charge in [-0.3, -0.25) is 0 Å². The first-order valence-corrected chi connectivity index (χ1v) is 5.10. The summed E-state index contributed by atoms with van der Waals surface area (Å²) in [5, 5.41) is 2.99. The number of carbonyl (C=O) groups is 1. The third-order valence-electron chi connectivity index (χ3n) is 1.73. The number of nitrogens with zero attached hydrogens (tertiary/aromatic N) is 2. The first kappa shape index (κ1) is 12.2. The van der Waals surface area contributed by atoms with E-state index in [2.05, 4.69) is 15.3 Å². The number of aromatic nitrogens is 2. The minimum absolute atomic E-state index is 0.122. The van der Waals surface area contributed by atoms with Crippen LogP contribution >= 0.6 is 0 Å². The van der Waals surface area contributed by atoms with Crippen LogP contribution < -0.4 is 11.1 Å². The van der Waals surface area contributed by atoms with E-state index in [0.29, 0.717) is 12.6 Å². The number of hydrogen-bond donors (Lipinski definition) is 2. The summed E-state index contributed by atoms with van der Waals surface area (Å²) in [5.74, 6) is 0.0215. The summed E-state index contributed by atoms with van der Waals surface area (Å²) in [4.78, 5) is 19.3. The van der Waals surface area contributed by atoms with E-state index in [1.54, 1.807) is 6.92 Å². The normalized spacial score (nSPS) is 10.2. The standard InChI is InChI=1S/C10H16N4O2/c1-4-16-9(15)7-5-12-10(13-6(2)3)14-8(7)11/h5-6H,4H2,1-3H3,(H3,11,12,13,14). The van der Waals surface area contributed by atoms with Crippen molar-refractivity contribution in [1.29, 1.82) is 0 Å². The Bertz CT molecular complexity index is 379. The summed E-state index contributed by atoms with van der Waals surface area (Å²) in [7, 11) is 0. The lowest BCUT2D eigenvalue weighted by molar-refractivity contribution is 0.0527. The first-order valence-electron chi connectivity index (χ1n) is 5.10. The molecule has 1 heterocycles. The summed E-state index contributed by atoms with van der Waals surface area (Å²) in [6, 6.07) is 0.202. The van der Waals surface area contributed by atoms with Crippen molar-refractivity contribution >= 4 is 17.7 Å². The summed E-state index contributed by atoms with van der Waals surface area (Å²) in [6.07, 6.45) is 1.37. The van der Waals surface area contributed by atoms with Crippen molar-refractivity contribution in [3.05, 3.63) is 11.8 Å². The molecule has 0 bridgehead atoms. The average molecular weight is 224 g/mol. The Morgan fingerprint density at radius 2 is 2.31 bits per heavy atom. The van der Waals surface area contributed by atoms with Crippen LogP contribution in [0.2, 0.25) is 0 Å². The van der Waals surface area contributed by atoms with E-state index in [0.717, 1.165) is 0 Å². The van der Waals surface area contributed by atoms with E-state index in [1.165, 1.54) is 6.20 Å². The fourth-order valence-corrected chi connectivity index (χ4v) is 1.09. The highest BCUT2D eigenvalue weighted by Crippen LogP contribution is 2.11. The monoisotopic (exact) mass is 224 g/mol. The molecule has 0 spiro atoms. The third-order valence-corrected chi connectivity index (χ3v) is 1.73. The molecule has 0 aliphatic carbocycles. The van der Waals surface area contributed by atoms with Crippen LogP contribution in [0.25, 0.3) is 0 Å². The second-order valence-corrected chi connectivity index (χ2v) is 3.51. The van der Waals surface area contributed by atoms with Crippen LogP contribution in [0.1, 0.15) is 31.1 Å². The minimum Gasteiger partial charge on any atom is -0.462 e. The van der Waals surface area contributed by atoms with Crippen molar-refractivity contribution in [2.24, 2.45) is 0 Å². The van der Waals surface area contributed by atoms with E-state index in [4.69, 9.17) is 10.5 Å². The minimum atomic E-state index is -0.504. The molecule has 88 valence electrons. The summed E-state index contributed by atoms with van der Waals surface area (Å²) < 4.78 is 4.81. The van der Waals surface area contributed by atoms with Crippen molar-refractivity contribution in [1.82, 2.24) is 9.97 Å². The number of nitrogen functional groups attached to an aromatic ring is 1. The molecule has 1 rings (SSSR count). The molecule has 0 aliphatic heterocycles. The number of rotatable bonds is 4. The van der Waals surface area contributed by atoms with Gasteiger partial charge in [0.15, 0.2) is 0 Å². The second-order valence-electron chi connectivity index (χ2n) is 3.51. The Morgan fingerprint density at radius 3 is 2.81 bits per heavy atom. The van der Waals surface area contributed by atoms with Crippen molar-refractivity contribution in [2.75, 3.05) is 17.7 Å². The fraction of sp³-hybridized carbons (Fsp3) is 0.500. The van der Waals surface area contributed by atoms with Crippen LogP contribution in [0.15, 0.2) is 6.20 Å². The molecule has 0 aliphatic rings. The highest BCUT2D eigenvalue weighted by molar-refractivity contribution is 5.93. The van der Waals surface area contributed by atoms with Gasteiger partial charge in [-0.25, -0.2) is 9.78 Å². The van der Waals surface area contributed by atoms with Crippen molar-refractivity contribution in [3.63, 3.8) is 0 Å². The lowest BCUT2D eigenvalue weighted by atomic mass is 10.3. The molecule has 0 amide bonds. The molecule has 0 saturated heterocycles. The molecule has 0 aromatic carbocycles. The van der Waals surface area contributed by atoms with Crippen LogP contribution in [-0.2, 0) is 4.74 Å². The molecule has 6 heteroatoms. The molecule has 0 radical (unpaired) electrons. The number of nitrogens with one attached hydrogen (secondary N) is 1. The van der Waals surface area contributed by atoms with E-state index in [-0.39, 0.29) is 17.4 Å². The molecule has 1 aromatic heterocycles. The number of esters is 1. The van der Waals surface area contributed by atoms with Gasteiger partial charge in [0, 0.05) is 12.2 Å². The van der Waals surface area contributed by atoms with Gasteiger partial charge in [-0.05, 0) is 20.8 Å². The van der Waals surface area contributed by atoms with Gasteiger partial charge < -0.3 is 15.8 Å². The van der Waals surface area contributed by atoms with Gasteiger partial charge in [0.25, 0.3) is 0 Å². The van der Waals surface area contributed by atoms with Gasteiger partial charge in [-0.2, -0.15) is 4.98 Å². The lowest BCUT2D eigenvalue weighted by Crippen LogP contribution is -2.15.